The summed E-state index contributed by atoms with van der Waals surface area (Å²) >= 11 is 5.93. The van der Waals surface area contributed by atoms with Gasteiger partial charge in [-0.2, -0.15) is 5.11 Å². The first-order valence-corrected chi connectivity index (χ1v) is 10.7. The lowest BCUT2D eigenvalue weighted by Crippen LogP contribution is -2.05. The molecule has 3 rings (SSSR count). The molecule has 0 amide bonds. The quantitative estimate of drug-likeness (QED) is 0.530. The predicted molar refractivity (Wildman–Crippen MR) is 117 cm³/mol. The number of pyridine rings is 1. The van der Waals surface area contributed by atoms with E-state index in [2.05, 4.69) is 15.2 Å². The number of aromatic nitrogens is 1. The molecule has 1 aliphatic rings. The molecule has 1 saturated carbocycles. The average Bonchev–Trinajstić information content (AvgIpc) is 2.80. The van der Waals surface area contributed by atoms with Gasteiger partial charge in [-0.1, -0.05) is 63.0 Å². The summed E-state index contributed by atoms with van der Waals surface area (Å²) in [6.07, 6.45) is 12.9. The maximum atomic E-state index is 6.12. The zero-order valence-electron chi connectivity index (χ0n) is 16.4. The Kier molecular flexibility index (Phi) is 7.66. The zero-order chi connectivity index (χ0) is 19.8. The molecule has 0 aliphatic heterocycles. The second kappa shape index (κ2) is 10.4. The van der Waals surface area contributed by atoms with Crippen LogP contribution in [0.2, 0.25) is 5.02 Å². The number of hydrogen-bond donors (Lipinski definition) is 2. The number of rotatable bonds is 5. The molecule has 1 aliphatic carbocycles. The molecule has 1 heterocycles. The minimum absolute atomic E-state index is 0.335. The second-order valence-electron chi connectivity index (χ2n) is 7.72. The number of aryl methyl sites for hydroxylation is 1. The van der Waals surface area contributed by atoms with Gasteiger partial charge in [0, 0.05) is 5.02 Å². The molecule has 1 aromatic carbocycles. The summed E-state index contributed by atoms with van der Waals surface area (Å²) in [4.78, 5) is 4.18. The fourth-order valence-electron chi connectivity index (χ4n) is 3.92. The maximum absolute atomic E-state index is 6.12. The third kappa shape index (κ3) is 6.20. The Morgan fingerprint density at radius 1 is 0.929 bits per heavy atom. The molecule has 5 nitrogen and oxygen atoms in total. The number of benzene rings is 1. The van der Waals surface area contributed by atoms with Gasteiger partial charge in [0.05, 0.1) is 5.69 Å². The molecule has 0 atom stereocenters. The van der Waals surface area contributed by atoms with Crippen molar-refractivity contribution in [1.29, 1.82) is 0 Å². The van der Waals surface area contributed by atoms with Gasteiger partial charge in [0.1, 0.15) is 11.5 Å². The maximum Gasteiger partial charge on any atom is 0.153 e. The van der Waals surface area contributed by atoms with Crippen LogP contribution in [-0.4, -0.2) is 4.98 Å². The summed E-state index contributed by atoms with van der Waals surface area (Å²) in [6.45, 7) is 0. The van der Waals surface area contributed by atoms with Crippen LogP contribution >= 0.6 is 11.6 Å². The summed E-state index contributed by atoms with van der Waals surface area (Å²) < 4.78 is 0. The number of halogens is 1. The number of nitrogens with two attached hydrogens (primary N) is 2. The van der Waals surface area contributed by atoms with Crippen molar-refractivity contribution in [3.05, 3.63) is 40.9 Å². The third-order valence-electron chi connectivity index (χ3n) is 5.51. The van der Waals surface area contributed by atoms with Gasteiger partial charge in [-0.05, 0) is 54.7 Å². The van der Waals surface area contributed by atoms with Gasteiger partial charge in [0.2, 0.25) is 0 Å². The molecule has 1 fully saturated rings. The summed E-state index contributed by atoms with van der Waals surface area (Å²) in [5, 5.41) is 9.38. The topological polar surface area (TPSA) is 89.6 Å². The number of nitrogens with zero attached hydrogens (tertiary/aromatic N) is 3. The number of azo groups is 1. The van der Waals surface area contributed by atoms with E-state index < -0.39 is 0 Å². The summed E-state index contributed by atoms with van der Waals surface area (Å²) in [5.41, 5.74) is 14.5. The van der Waals surface area contributed by atoms with Crippen LogP contribution in [0.15, 0.2) is 40.6 Å². The van der Waals surface area contributed by atoms with Crippen molar-refractivity contribution in [3.8, 4) is 0 Å². The van der Waals surface area contributed by atoms with Crippen LogP contribution in [0.5, 0.6) is 0 Å². The minimum Gasteiger partial charge on any atom is -0.384 e. The first kappa shape index (κ1) is 20.6. The van der Waals surface area contributed by atoms with Gasteiger partial charge >= 0.3 is 0 Å². The second-order valence-corrected chi connectivity index (χ2v) is 8.16. The molecular formula is C22H30ClN5. The van der Waals surface area contributed by atoms with Gasteiger partial charge in [-0.15, -0.1) is 5.11 Å². The smallest absolute Gasteiger partial charge is 0.153 e. The van der Waals surface area contributed by atoms with Crippen molar-refractivity contribution < 1.29 is 0 Å². The lowest BCUT2D eigenvalue weighted by molar-refractivity contribution is 0.401. The molecule has 4 N–H and O–H groups in total. The number of anilines is 2. The van der Waals surface area contributed by atoms with Crippen LogP contribution in [0, 0.1) is 5.92 Å². The highest BCUT2D eigenvalue weighted by Crippen LogP contribution is 2.33. The summed E-state index contributed by atoms with van der Waals surface area (Å²) in [7, 11) is 0. The Bertz CT molecular complexity index is 778. The first-order chi connectivity index (χ1) is 13.6. The third-order valence-corrected chi connectivity index (χ3v) is 5.76. The molecule has 0 unspecified atom stereocenters. The van der Waals surface area contributed by atoms with E-state index >= 15 is 0 Å². The standard InChI is InChI=1S/C22H30ClN5/c23-18-11-13-19(14-12-18)27-28-21-17(15-20(24)26-22(21)25)10-9-16-7-5-3-1-2-4-6-8-16/h11-16H,1-10H2,(H4,24,25,26)/b28-27+. The predicted octanol–water partition coefficient (Wildman–Crippen LogP) is 7.00. The fraction of sp³-hybridized carbons (Fsp3) is 0.500. The van der Waals surface area contributed by atoms with E-state index in [9.17, 15) is 0 Å². The monoisotopic (exact) mass is 399 g/mol. The van der Waals surface area contributed by atoms with E-state index in [1.54, 1.807) is 12.1 Å². The van der Waals surface area contributed by atoms with E-state index in [1.165, 1.54) is 51.4 Å². The molecule has 0 bridgehead atoms. The van der Waals surface area contributed by atoms with E-state index in [-0.39, 0.29) is 0 Å². The van der Waals surface area contributed by atoms with Crippen molar-refractivity contribution in [1.82, 2.24) is 4.98 Å². The highest BCUT2D eigenvalue weighted by Gasteiger charge is 2.14. The van der Waals surface area contributed by atoms with Crippen molar-refractivity contribution in [2.45, 2.75) is 64.2 Å². The Labute approximate surface area is 172 Å². The highest BCUT2D eigenvalue weighted by molar-refractivity contribution is 6.30. The van der Waals surface area contributed by atoms with Crippen LogP contribution in [-0.2, 0) is 6.42 Å². The molecular weight excluding hydrogens is 370 g/mol. The number of hydrogen-bond acceptors (Lipinski definition) is 5. The number of nitrogen functional groups attached to an aromatic ring is 2. The lowest BCUT2D eigenvalue weighted by Gasteiger charge is -2.16. The van der Waals surface area contributed by atoms with Crippen molar-refractivity contribution in [2.24, 2.45) is 16.1 Å². The van der Waals surface area contributed by atoms with Gasteiger partial charge in [0.15, 0.2) is 5.82 Å². The van der Waals surface area contributed by atoms with Crippen LogP contribution < -0.4 is 11.5 Å². The molecule has 2 aromatic rings. The summed E-state index contributed by atoms with van der Waals surface area (Å²) in [6, 6.07) is 9.12. The first-order valence-electron chi connectivity index (χ1n) is 10.3. The largest absolute Gasteiger partial charge is 0.384 e. The van der Waals surface area contributed by atoms with Crippen molar-refractivity contribution in [3.63, 3.8) is 0 Å². The molecule has 0 radical (unpaired) electrons. The Hall–Kier alpha value is -2.14. The molecule has 1 aromatic heterocycles. The van der Waals surface area contributed by atoms with Gasteiger partial charge < -0.3 is 11.5 Å². The minimum atomic E-state index is 0.335. The summed E-state index contributed by atoms with van der Waals surface area (Å²) in [5.74, 6) is 1.53. The molecule has 0 spiro atoms. The van der Waals surface area contributed by atoms with Crippen molar-refractivity contribution in [2.75, 3.05) is 11.5 Å². The van der Waals surface area contributed by atoms with E-state index in [0.717, 1.165) is 30.0 Å². The lowest BCUT2D eigenvalue weighted by atomic mass is 9.90. The zero-order valence-corrected chi connectivity index (χ0v) is 17.2. The van der Waals surface area contributed by atoms with E-state index in [0.29, 0.717) is 22.3 Å². The van der Waals surface area contributed by atoms with Crippen LogP contribution in [0.4, 0.5) is 23.0 Å². The highest BCUT2D eigenvalue weighted by atomic mass is 35.5. The van der Waals surface area contributed by atoms with Crippen LogP contribution in [0.1, 0.15) is 63.4 Å². The molecule has 6 heteroatoms. The SMILES string of the molecule is Nc1cc(CCC2CCCCCCCC2)c(/N=N/c2ccc(Cl)cc2)c(N)n1. The van der Waals surface area contributed by atoms with E-state index in [1.807, 2.05) is 18.2 Å². The normalized spacial score (nSPS) is 16.6. The molecule has 150 valence electrons. The van der Waals surface area contributed by atoms with Crippen LogP contribution in [0.3, 0.4) is 0 Å². The van der Waals surface area contributed by atoms with Gasteiger partial charge in [-0.25, -0.2) is 4.98 Å². The Morgan fingerprint density at radius 3 is 2.25 bits per heavy atom. The fourth-order valence-corrected chi connectivity index (χ4v) is 4.05. The average molecular weight is 400 g/mol. The van der Waals surface area contributed by atoms with E-state index in [4.69, 9.17) is 23.1 Å². The van der Waals surface area contributed by atoms with Crippen LogP contribution in [0.25, 0.3) is 0 Å². The Balaban J connectivity index is 1.73. The molecule has 0 saturated heterocycles. The van der Waals surface area contributed by atoms with Crippen molar-refractivity contribution >= 4 is 34.6 Å². The Morgan fingerprint density at radius 2 is 1.57 bits per heavy atom. The van der Waals surface area contributed by atoms with Gasteiger partial charge in [0.25, 0.3) is 0 Å². The van der Waals surface area contributed by atoms with Gasteiger partial charge in [-0.3, -0.25) is 0 Å². The molecule has 28 heavy (non-hydrogen) atoms.